The third-order valence-corrected chi connectivity index (χ3v) is 6.02. The highest BCUT2D eigenvalue weighted by molar-refractivity contribution is 6.00. The lowest BCUT2D eigenvalue weighted by Gasteiger charge is -2.49. The first kappa shape index (κ1) is 16.3. The van der Waals surface area contributed by atoms with Crippen LogP contribution >= 0.6 is 0 Å². The van der Waals surface area contributed by atoms with Crippen molar-refractivity contribution in [2.75, 3.05) is 0 Å². The van der Waals surface area contributed by atoms with E-state index in [1.807, 2.05) is 25.7 Å². The average Bonchev–Trinajstić information content (AvgIpc) is 2.80. The predicted octanol–water partition coefficient (Wildman–Crippen LogP) is 2.72. The van der Waals surface area contributed by atoms with Crippen molar-refractivity contribution >= 4 is 11.8 Å². The van der Waals surface area contributed by atoms with Crippen LogP contribution in [-0.4, -0.2) is 34.3 Å². The van der Waals surface area contributed by atoms with E-state index < -0.39 is 5.54 Å². The summed E-state index contributed by atoms with van der Waals surface area (Å²) in [6, 6.07) is -0.0672. The van der Waals surface area contributed by atoms with Gasteiger partial charge >= 0.3 is 0 Å². The monoisotopic (exact) mass is 294 g/mol. The predicted molar refractivity (Wildman–Crippen MR) is 83.7 cm³/mol. The molecule has 2 amide bonds. The molecule has 1 aliphatic carbocycles. The number of amides is 2. The van der Waals surface area contributed by atoms with Crippen LogP contribution in [0, 0.1) is 11.8 Å². The van der Waals surface area contributed by atoms with E-state index in [2.05, 4.69) is 19.2 Å². The maximum atomic E-state index is 13.2. The van der Waals surface area contributed by atoms with E-state index in [-0.39, 0.29) is 23.9 Å². The lowest BCUT2D eigenvalue weighted by molar-refractivity contribution is -0.159. The minimum absolute atomic E-state index is 0.0348. The second kappa shape index (κ2) is 5.98. The van der Waals surface area contributed by atoms with E-state index in [1.54, 1.807) is 0 Å². The lowest BCUT2D eigenvalue weighted by atomic mass is 9.84. The molecule has 4 nitrogen and oxygen atoms in total. The Kier molecular flexibility index (Phi) is 4.64. The van der Waals surface area contributed by atoms with Gasteiger partial charge in [0.05, 0.1) is 0 Å². The summed E-state index contributed by atoms with van der Waals surface area (Å²) in [5.41, 5.74) is -0.686. The molecule has 2 fully saturated rings. The van der Waals surface area contributed by atoms with Crippen LogP contribution in [0.25, 0.3) is 0 Å². The Labute approximate surface area is 128 Å². The number of carbonyl (C=O) groups is 2. The van der Waals surface area contributed by atoms with Crippen LogP contribution in [0.3, 0.4) is 0 Å². The van der Waals surface area contributed by atoms with E-state index in [4.69, 9.17) is 0 Å². The Morgan fingerprint density at radius 1 is 1.14 bits per heavy atom. The first-order chi connectivity index (χ1) is 9.91. The van der Waals surface area contributed by atoms with Crippen LogP contribution in [0.5, 0.6) is 0 Å². The van der Waals surface area contributed by atoms with Crippen molar-refractivity contribution in [2.45, 2.75) is 84.3 Å². The molecule has 0 aromatic rings. The highest BCUT2D eigenvalue weighted by Crippen LogP contribution is 2.39. The quantitative estimate of drug-likeness (QED) is 0.866. The summed E-state index contributed by atoms with van der Waals surface area (Å²) in [5.74, 6) is 1.28. The van der Waals surface area contributed by atoms with Crippen molar-refractivity contribution in [3.8, 4) is 0 Å². The molecule has 4 atom stereocenters. The molecule has 0 spiro atoms. The maximum absolute atomic E-state index is 13.2. The van der Waals surface area contributed by atoms with Crippen LogP contribution in [0.4, 0.5) is 0 Å². The molecule has 4 unspecified atom stereocenters. The minimum atomic E-state index is -0.686. The molecular weight excluding hydrogens is 264 g/mol. The Bertz CT molecular complexity index is 417. The number of piperazine rings is 1. The molecule has 0 radical (unpaired) electrons. The molecule has 1 aliphatic heterocycles. The zero-order chi connectivity index (χ0) is 15.8. The van der Waals surface area contributed by atoms with Crippen LogP contribution in [0.2, 0.25) is 0 Å². The van der Waals surface area contributed by atoms with E-state index in [9.17, 15) is 9.59 Å². The Morgan fingerprint density at radius 2 is 1.76 bits per heavy atom. The summed E-state index contributed by atoms with van der Waals surface area (Å²) >= 11 is 0. The molecule has 2 aliphatic rings. The van der Waals surface area contributed by atoms with Gasteiger partial charge in [0.2, 0.25) is 11.8 Å². The number of hydrogen-bond donors (Lipinski definition) is 1. The third-order valence-electron chi connectivity index (χ3n) is 6.02. The van der Waals surface area contributed by atoms with Crippen LogP contribution in [0.1, 0.15) is 66.7 Å². The van der Waals surface area contributed by atoms with Crippen LogP contribution in [0.15, 0.2) is 0 Å². The molecule has 0 aromatic carbocycles. The van der Waals surface area contributed by atoms with Crippen molar-refractivity contribution < 1.29 is 9.59 Å². The minimum Gasteiger partial charge on any atom is -0.340 e. The van der Waals surface area contributed by atoms with Crippen molar-refractivity contribution in [2.24, 2.45) is 11.8 Å². The fraction of sp³-hybridized carbons (Fsp3) is 0.882. The standard InChI is InChI=1S/C17H30N2O2/c1-6-13-15(20)18-17(7-2,8-3)16(21)19(13)14-10-9-11(4)12(14)5/h11-14H,6-10H2,1-5H3,(H,18,20). The Hall–Kier alpha value is -1.06. The second-order valence-electron chi connectivity index (χ2n) is 6.90. The second-order valence-corrected chi connectivity index (χ2v) is 6.90. The van der Waals surface area contributed by atoms with Gasteiger partial charge in [0, 0.05) is 6.04 Å². The molecule has 2 rings (SSSR count). The van der Waals surface area contributed by atoms with E-state index in [0.717, 1.165) is 12.8 Å². The lowest BCUT2D eigenvalue weighted by Crippen LogP contribution is -2.71. The third kappa shape index (κ3) is 2.47. The first-order valence-corrected chi connectivity index (χ1v) is 8.56. The molecule has 1 saturated heterocycles. The zero-order valence-electron chi connectivity index (χ0n) is 14.1. The smallest absolute Gasteiger partial charge is 0.249 e. The number of carbonyl (C=O) groups excluding carboxylic acids is 2. The maximum Gasteiger partial charge on any atom is 0.249 e. The molecular formula is C17H30N2O2. The number of hydrogen-bond acceptors (Lipinski definition) is 2. The van der Waals surface area contributed by atoms with Crippen molar-refractivity contribution in [3.05, 3.63) is 0 Å². The van der Waals surface area contributed by atoms with Gasteiger partial charge in [-0.25, -0.2) is 0 Å². The topological polar surface area (TPSA) is 49.4 Å². The molecule has 0 aromatic heterocycles. The normalized spacial score (nSPS) is 36.0. The average molecular weight is 294 g/mol. The van der Waals surface area contributed by atoms with Gasteiger partial charge in [0.1, 0.15) is 11.6 Å². The van der Waals surface area contributed by atoms with Gasteiger partial charge in [-0.15, -0.1) is 0 Å². The van der Waals surface area contributed by atoms with Gasteiger partial charge in [-0.1, -0.05) is 34.6 Å². The first-order valence-electron chi connectivity index (χ1n) is 8.56. The van der Waals surface area contributed by atoms with Gasteiger partial charge in [-0.3, -0.25) is 9.59 Å². The molecule has 120 valence electrons. The summed E-state index contributed by atoms with van der Waals surface area (Å²) in [4.78, 5) is 27.7. The van der Waals surface area contributed by atoms with Crippen molar-refractivity contribution in [1.82, 2.24) is 10.2 Å². The summed E-state index contributed by atoms with van der Waals surface area (Å²) in [7, 11) is 0. The molecule has 1 N–H and O–H groups in total. The molecule has 21 heavy (non-hydrogen) atoms. The van der Waals surface area contributed by atoms with Gasteiger partial charge in [0.25, 0.3) is 0 Å². The summed E-state index contributed by atoms with van der Waals surface area (Å²) in [5, 5.41) is 3.03. The Morgan fingerprint density at radius 3 is 2.19 bits per heavy atom. The SMILES string of the molecule is CCC1C(=O)NC(CC)(CC)C(=O)N1C1CCC(C)C1C. The fourth-order valence-corrected chi connectivity index (χ4v) is 4.11. The molecule has 1 heterocycles. The largest absolute Gasteiger partial charge is 0.340 e. The van der Waals surface area contributed by atoms with Gasteiger partial charge in [-0.05, 0) is 43.9 Å². The van der Waals surface area contributed by atoms with E-state index in [0.29, 0.717) is 31.1 Å². The van der Waals surface area contributed by atoms with Crippen molar-refractivity contribution in [3.63, 3.8) is 0 Å². The summed E-state index contributed by atoms with van der Waals surface area (Å²) < 4.78 is 0. The summed E-state index contributed by atoms with van der Waals surface area (Å²) in [6.07, 6.45) is 4.20. The number of rotatable bonds is 4. The molecule has 0 bridgehead atoms. The number of nitrogens with one attached hydrogen (secondary N) is 1. The van der Waals surface area contributed by atoms with E-state index in [1.165, 1.54) is 0 Å². The van der Waals surface area contributed by atoms with Gasteiger partial charge in [0.15, 0.2) is 0 Å². The Balaban J connectivity index is 2.38. The van der Waals surface area contributed by atoms with Gasteiger partial charge in [-0.2, -0.15) is 0 Å². The zero-order valence-corrected chi connectivity index (χ0v) is 14.1. The highest BCUT2D eigenvalue weighted by atomic mass is 16.2. The molecule has 4 heteroatoms. The van der Waals surface area contributed by atoms with E-state index >= 15 is 0 Å². The summed E-state index contributed by atoms with van der Waals surface area (Å²) in [6.45, 7) is 10.5. The van der Waals surface area contributed by atoms with Crippen LogP contribution < -0.4 is 5.32 Å². The van der Waals surface area contributed by atoms with Crippen molar-refractivity contribution in [1.29, 1.82) is 0 Å². The number of nitrogens with zero attached hydrogens (tertiary/aromatic N) is 1. The van der Waals surface area contributed by atoms with Crippen LogP contribution in [-0.2, 0) is 9.59 Å². The van der Waals surface area contributed by atoms with Gasteiger partial charge < -0.3 is 10.2 Å². The fourth-order valence-electron chi connectivity index (χ4n) is 4.11. The molecule has 1 saturated carbocycles. The highest BCUT2D eigenvalue weighted by Gasteiger charge is 2.52.